The second kappa shape index (κ2) is 9.01. The van der Waals surface area contributed by atoms with Crippen LogP contribution in [0.1, 0.15) is 16.1 Å². The zero-order valence-electron chi connectivity index (χ0n) is 16.2. The standard InChI is InChI=1S/C23H15Cl4NO3/c1-30-23(29)21-22(31-16-7-8-18(26)19(27)11-16)17-10-15(25)6-9-20(17)28(21)12-13-2-4-14(24)5-3-13/h2-11H,12H2,1H3. The molecule has 4 aromatic rings. The SMILES string of the molecule is COC(=O)c1c(Oc2ccc(Cl)c(Cl)c2)c2cc(Cl)ccc2n1Cc1ccc(Cl)cc1. The number of nitrogens with zero attached hydrogens (tertiary/aromatic N) is 1. The van der Waals surface area contributed by atoms with Gasteiger partial charge in [-0.3, -0.25) is 0 Å². The lowest BCUT2D eigenvalue weighted by molar-refractivity contribution is 0.0586. The van der Waals surface area contributed by atoms with Crippen molar-refractivity contribution in [2.75, 3.05) is 7.11 Å². The lowest BCUT2D eigenvalue weighted by atomic mass is 10.2. The normalized spacial score (nSPS) is 11.0. The number of hydrogen-bond acceptors (Lipinski definition) is 3. The summed E-state index contributed by atoms with van der Waals surface area (Å²) in [5.74, 6) is 0.193. The fraction of sp³-hybridized carbons (Fsp3) is 0.0870. The van der Waals surface area contributed by atoms with E-state index in [9.17, 15) is 4.79 Å². The van der Waals surface area contributed by atoms with Crippen LogP contribution in [0.2, 0.25) is 20.1 Å². The second-order valence-electron chi connectivity index (χ2n) is 6.72. The monoisotopic (exact) mass is 493 g/mol. The Morgan fingerprint density at radius 2 is 1.58 bits per heavy atom. The van der Waals surface area contributed by atoms with Crippen molar-refractivity contribution in [2.45, 2.75) is 6.54 Å². The maximum absolute atomic E-state index is 12.8. The first-order valence-electron chi connectivity index (χ1n) is 9.15. The highest BCUT2D eigenvalue weighted by Crippen LogP contribution is 2.40. The Labute approximate surface area is 198 Å². The molecule has 0 saturated heterocycles. The molecule has 1 heterocycles. The molecule has 4 nitrogen and oxygen atoms in total. The van der Waals surface area contributed by atoms with Crippen LogP contribution in [0.15, 0.2) is 60.7 Å². The van der Waals surface area contributed by atoms with E-state index in [2.05, 4.69) is 0 Å². The first-order chi connectivity index (χ1) is 14.9. The van der Waals surface area contributed by atoms with Gasteiger partial charge in [0.1, 0.15) is 5.75 Å². The van der Waals surface area contributed by atoms with Gasteiger partial charge in [0.25, 0.3) is 0 Å². The van der Waals surface area contributed by atoms with Crippen molar-refractivity contribution in [2.24, 2.45) is 0 Å². The van der Waals surface area contributed by atoms with Gasteiger partial charge in [0.05, 0.1) is 22.7 Å². The zero-order valence-corrected chi connectivity index (χ0v) is 19.2. The summed E-state index contributed by atoms with van der Waals surface area (Å²) < 4.78 is 13.0. The van der Waals surface area contributed by atoms with E-state index < -0.39 is 5.97 Å². The van der Waals surface area contributed by atoms with Gasteiger partial charge < -0.3 is 14.0 Å². The Balaban J connectivity index is 1.92. The van der Waals surface area contributed by atoms with Crippen LogP contribution in [-0.4, -0.2) is 17.6 Å². The lowest BCUT2D eigenvalue weighted by Gasteiger charge is -2.12. The van der Waals surface area contributed by atoms with E-state index in [0.29, 0.717) is 43.5 Å². The Bertz CT molecular complexity index is 1280. The van der Waals surface area contributed by atoms with Gasteiger partial charge in [-0.25, -0.2) is 4.79 Å². The number of benzene rings is 3. The topological polar surface area (TPSA) is 40.5 Å². The van der Waals surface area contributed by atoms with Crippen molar-refractivity contribution >= 4 is 63.3 Å². The van der Waals surface area contributed by atoms with E-state index in [0.717, 1.165) is 11.1 Å². The molecule has 3 aromatic carbocycles. The predicted octanol–water partition coefficient (Wildman–Crippen LogP) is 7.88. The number of halogens is 4. The van der Waals surface area contributed by atoms with Gasteiger partial charge in [-0.05, 0) is 48.0 Å². The van der Waals surface area contributed by atoms with Crippen molar-refractivity contribution in [3.63, 3.8) is 0 Å². The summed E-state index contributed by atoms with van der Waals surface area (Å²) in [6.07, 6.45) is 0. The molecule has 0 radical (unpaired) electrons. The number of fused-ring (bicyclic) bond motifs is 1. The maximum atomic E-state index is 12.8. The van der Waals surface area contributed by atoms with E-state index in [1.165, 1.54) is 7.11 Å². The number of esters is 1. The molecule has 0 bridgehead atoms. The van der Waals surface area contributed by atoms with Gasteiger partial charge in [-0.15, -0.1) is 0 Å². The minimum absolute atomic E-state index is 0.251. The summed E-state index contributed by atoms with van der Waals surface area (Å²) in [5, 5.41) is 2.53. The number of rotatable bonds is 5. The minimum Gasteiger partial charge on any atom is -0.464 e. The van der Waals surface area contributed by atoms with E-state index in [-0.39, 0.29) is 5.69 Å². The molecular weight excluding hydrogens is 480 g/mol. The molecule has 0 atom stereocenters. The fourth-order valence-electron chi connectivity index (χ4n) is 3.29. The molecule has 0 N–H and O–H groups in total. The molecule has 0 aliphatic heterocycles. The Morgan fingerprint density at radius 1 is 0.871 bits per heavy atom. The van der Waals surface area contributed by atoms with Gasteiger partial charge in [-0.1, -0.05) is 58.5 Å². The molecule has 4 rings (SSSR count). The van der Waals surface area contributed by atoms with Crippen LogP contribution in [0.25, 0.3) is 10.9 Å². The smallest absolute Gasteiger partial charge is 0.358 e. The Kier molecular flexibility index (Phi) is 6.35. The van der Waals surface area contributed by atoms with Crippen LogP contribution < -0.4 is 4.74 Å². The number of methoxy groups -OCH3 is 1. The summed E-state index contributed by atoms with van der Waals surface area (Å²) in [7, 11) is 1.32. The van der Waals surface area contributed by atoms with Crippen molar-refractivity contribution in [1.82, 2.24) is 4.57 Å². The number of hydrogen-bond donors (Lipinski definition) is 0. The molecule has 1 aromatic heterocycles. The van der Waals surface area contributed by atoms with Crippen LogP contribution in [-0.2, 0) is 11.3 Å². The average Bonchev–Trinajstić information content (AvgIpc) is 3.04. The fourth-order valence-corrected chi connectivity index (χ4v) is 3.88. The number of aromatic nitrogens is 1. The number of carbonyl (C=O) groups excluding carboxylic acids is 1. The van der Waals surface area contributed by atoms with Crippen LogP contribution >= 0.6 is 46.4 Å². The summed E-state index contributed by atoms with van der Waals surface area (Å²) in [6.45, 7) is 0.393. The molecule has 0 unspecified atom stereocenters. The van der Waals surface area contributed by atoms with Gasteiger partial charge in [0.15, 0.2) is 11.4 Å². The molecule has 0 aliphatic rings. The number of carbonyl (C=O) groups is 1. The van der Waals surface area contributed by atoms with E-state index >= 15 is 0 Å². The largest absolute Gasteiger partial charge is 0.464 e. The molecule has 0 amide bonds. The Morgan fingerprint density at radius 3 is 2.26 bits per heavy atom. The van der Waals surface area contributed by atoms with E-state index in [1.807, 2.05) is 22.8 Å². The first kappa shape index (κ1) is 21.8. The minimum atomic E-state index is -0.545. The van der Waals surface area contributed by atoms with Crippen LogP contribution in [0.4, 0.5) is 0 Å². The molecular formula is C23H15Cl4NO3. The first-order valence-corrected chi connectivity index (χ1v) is 10.7. The highest BCUT2D eigenvalue weighted by molar-refractivity contribution is 6.42. The summed E-state index contributed by atoms with van der Waals surface area (Å²) in [5.41, 5.74) is 1.96. The third-order valence-electron chi connectivity index (χ3n) is 4.72. The summed E-state index contributed by atoms with van der Waals surface area (Å²) in [6, 6.07) is 17.6. The average molecular weight is 495 g/mol. The third-order valence-corrected chi connectivity index (χ3v) is 5.95. The van der Waals surface area contributed by atoms with E-state index in [1.54, 1.807) is 42.5 Å². The molecule has 8 heteroatoms. The second-order valence-corrected chi connectivity index (χ2v) is 8.41. The summed E-state index contributed by atoms with van der Waals surface area (Å²) in [4.78, 5) is 12.8. The Hall–Kier alpha value is -2.37. The number of ether oxygens (including phenoxy) is 2. The van der Waals surface area contributed by atoms with Gasteiger partial charge in [-0.2, -0.15) is 0 Å². The molecule has 0 aliphatic carbocycles. The molecule has 158 valence electrons. The lowest BCUT2D eigenvalue weighted by Crippen LogP contribution is -2.12. The van der Waals surface area contributed by atoms with Gasteiger partial charge >= 0.3 is 5.97 Å². The van der Waals surface area contributed by atoms with Crippen molar-refractivity contribution in [3.05, 3.63) is 92.0 Å². The third kappa shape index (κ3) is 4.48. The molecule has 31 heavy (non-hydrogen) atoms. The van der Waals surface area contributed by atoms with Crippen LogP contribution in [0, 0.1) is 0 Å². The van der Waals surface area contributed by atoms with Crippen molar-refractivity contribution in [1.29, 1.82) is 0 Å². The quantitative estimate of drug-likeness (QED) is 0.265. The molecule has 0 fully saturated rings. The van der Waals surface area contributed by atoms with Gasteiger partial charge in [0.2, 0.25) is 0 Å². The summed E-state index contributed by atoms with van der Waals surface area (Å²) >= 11 is 24.4. The zero-order chi connectivity index (χ0) is 22.1. The van der Waals surface area contributed by atoms with E-state index in [4.69, 9.17) is 55.9 Å². The highest BCUT2D eigenvalue weighted by atomic mass is 35.5. The van der Waals surface area contributed by atoms with Gasteiger partial charge in [0, 0.05) is 28.0 Å². The highest BCUT2D eigenvalue weighted by Gasteiger charge is 2.26. The van der Waals surface area contributed by atoms with Crippen LogP contribution in [0.3, 0.4) is 0 Å². The van der Waals surface area contributed by atoms with Crippen molar-refractivity contribution < 1.29 is 14.3 Å². The predicted molar refractivity (Wildman–Crippen MR) is 125 cm³/mol. The maximum Gasteiger partial charge on any atom is 0.358 e. The molecule has 0 saturated carbocycles. The molecule has 0 spiro atoms. The van der Waals surface area contributed by atoms with Crippen molar-refractivity contribution in [3.8, 4) is 11.5 Å². The van der Waals surface area contributed by atoms with Crippen LogP contribution in [0.5, 0.6) is 11.5 Å².